The van der Waals surface area contributed by atoms with Crippen LogP contribution in [0.5, 0.6) is 0 Å². The Morgan fingerprint density at radius 1 is 0.967 bits per heavy atom. The van der Waals surface area contributed by atoms with Gasteiger partial charge in [-0.1, -0.05) is 29.8 Å². The average Bonchev–Trinajstić information content (AvgIpc) is 2.77. The summed E-state index contributed by atoms with van der Waals surface area (Å²) in [6, 6.07) is 16.1. The molecule has 2 heterocycles. The Hall–Kier alpha value is -2.79. The second-order valence-electron chi connectivity index (χ2n) is 6.79. The summed E-state index contributed by atoms with van der Waals surface area (Å²) >= 11 is 2.27. The van der Waals surface area contributed by atoms with Crippen LogP contribution in [0.2, 0.25) is 0 Å². The lowest BCUT2D eigenvalue weighted by molar-refractivity contribution is 0.122. The smallest absolute Gasteiger partial charge is 0.250 e. The molecular formula is C21H22IN7O. The quantitative estimate of drug-likeness (QED) is 0.293. The number of nitrogens with one attached hydrogen (secondary N) is 2. The van der Waals surface area contributed by atoms with E-state index < -0.39 is 0 Å². The van der Waals surface area contributed by atoms with Crippen LogP contribution >= 0.6 is 22.6 Å². The van der Waals surface area contributed by atoms with Crippen LogP contribution in [-0.2, 0) is 4.74 Å². The van der Waals surface area contributed by atoms with Gasteiger partial charge in [-0.05, 0) is 59.3 Å². The minimum Gasteiger partial charge on any atom is -0.378 e. The molecule has 0 saturated carbocycles. The van der Waals surface area contributed by atoms with Gasteiger partial charge in [0.05, 0.1) is 19.4 Å². The fraction of sp³-hybridized carbons (Fsp3) is 0.238. The van der Waals surface area contributed by atoms with E-state index in [1.807, 2.05) is 48.5 Å². The van der Waals surface area contributed by atoms with E-state index in [2.05, 4.69) is 65.2 Å². The molecule has 2 aromatic carbocycles. The summed E-state index contributed by atoms with van der Waals surface area (Å²) in [6.07, 6.45) is 1.74. The number of aromatic nitrogens is 3. The molecule has 0 bridgehead atoms. The van der Waals surface area contributed by atoms with Gasteiger partial charge in [0.2, 0.25) is 17.8 Å². The summed E-state index contributed by atoms with van der Waals surface area (Å²) in [5, 5.41) is 7.54. The molecule has 1 aliphatic rings. The van der Waals surface area contributed by atoms with Crippen molar-refractivity contribution in [3.8, 4) is 0 Å². The van der Waals surface area contributed by atoms with Gasteiger partial charge in [0.15, 0.2) is 0 Å². The van der Waals surface area contributed by atoms with Crippen molar-refractivity contribution in [1.82, 2.24) is 15.0 Å². The Bertz CT molecular complexity index is 1000. The molecule has 1 saturated heterocycles. The van der Waals surface area contributed by atoms with Gasteiger partial charge in [-0.25, -0.2) is 5.43 Å². The van der Waals surface area contributed by atoms with Gasteiger partial charge in [0, 0.05) is 22.3 Å². The Balaban J connectivity index is 1.55. The molecule has 0 atom stereocenters. The Morgan fingerprint density at radius 2 is 1.67 bits per heavy atom. The third-order valence-electron chi connectivity index (χ3n) is 4.47. The molecule has 0 amide bonds. The van der Waals surface area contributed by atoms with Crippen molar-refractivity contribution < 1.29 is 4.74 Å². The first-order valence-corrected chi connectivity index (χ1v) is 10.7. The van der Waals surface area contributed by atoms with Crippen molar-refractivity contribution in [2.75, 3.05) is 41.9 Å². The van der Waals surface area contributed by atoms with Crippen molar-refractivity contribution in [2.45, 2.75) is 6.92 Å². The van der Waals surface area contributed by atoms with Gasteiger partial charge in [0.25, 0.3) is 0 Å². The minimum absolute atomic E-state index is 0.378. The number of aryl methyl sites for hydroxylation is 1. The van der Waals surface area contributed by atoms with Crippen molar-refractivity contribution in [3.05, 3.63) is 63.2 Å². The summed E-state index contributed by atoms with van der Waals surface area (Å²) in [5.41, 5.74) is 6.02. The molecule has 0 aliphatic carbocycles. The van der Waals surface area contributed by atoms with Crippen LogP contribution in [0.25, 0.3) is 0 Å². The molecule has 9 heteroatoms. The van der Waals surface area contributed by atoms with Crippen LogP contribution in [0.1, 0.15) is 11.1 Å². The summed E-state index contributed by atoms with van der Waals surface area (Å²) in [7, 11) is 0. The maximum absolute atomic E-state index is 5.44. The standard InChI is InChI=1S/C21H22IN7O/c1-15-2-8-18(9-3-15)24-19-25-20(27-21(26-19)29-10-12-30-13-11-29)28-23-14-16-4-6-17(22)7-5-16/h2-9,14H,10-13H2,1H3,(H2,24,25,26,27,28)/b23-14+. The van der Waals surface area contributed by atoms with E-state index in [4.69, 9.17) is 4.74 Å². The number of benzene rings is 2. The number of anilines is 4. The molecule has 3 aromatic rings. The van der Waals surface area contributed by atoms with E-state index in [-0.39, 0.29) is 0 Å². The monoisotopic (exact) mass is 515 g/mol. The van der Waals surface area contributed by atoms with E-state index in [9.17, 15) is 0 Å². The first kappa shape index (κ1) is 20.5. The molecule has 0 unspecified atom stereocenters. The van der Waals surface area contributed by atoms with E-state index in [1.54, 1.807) is 6.21 Å². The first-order chi connectivity index (χ1) is 14.7. The molecule has 4 rings (SSSR count). The summed E-state index contributed by atoms with van der Waals surface area (Å²) < 4.78 is 6.62. The second kappa shape index (κ2) is 9.81. The summed E-state index contributed by atoms with van der Waals surface area (Å²) in [5.74, 6) is 1.43. The zero-order chi connectivity index (χ0) is 20.8. The van der Waals surface area contributed by atoms with Gasteiger partial charge in [0.1, 0.15) is 0 Å². The zero-order valence-corrected chi connectivity index (χ0v) is 18.7. The molecule has 0 radical (unpaired) electrons. The fourth-order valence-electron chi connectivity index (χ4n) is 2.85. The highest BCUT2D eigenvalue weighted by Gasteiger charge is 2.16. The van der Waals surface area contributed by atoms with E-state index in [0.29, 0.717) is 31.1 Å². The number of hydrogen-bond acceptors (Lipinski definition) is 8. The molecule has 2 N–H and O–H groups in total. The molecule has 1 fully saturated rings. The largest absolute Gasteiger partial charge is 0.378 e. The number of hydrogen-bond donors (Lipinski definition) is 2. The van der Waals surface area contributed by atoms with Gasteiger partial charge in [-0.2, -0.15) is 20.1 Å². The zero-order valence-electron chi connectivity index (χ0n) is 16.5. The lowest BCUT2D eigenvalue weighted by Gasteiger charge is -2.27. The molecule has 1 aromatic heterocycles. The fourth-order valence-corrected chi connectivity index (χ4v) is 3.21. The first-order valence-electron chi connectivity index (χ1n) is 9.63. The third kappa shape index (κ3) is 5.63. The van der Waals surface area contributed by atoms with E-state index >= 15 is 0 Å². The Kier molecular flexibility index (Phi) is 6.70. The molecule has 154 valence electrons. The normalized spacial score (nSPS) is 14.1. The van der Waals surface area contributed by atoms with Gasteiger partial charge in [-0.15, -0.1) is 0 Å². The number of rotatable bonds is 6. The maximum Gasteiger partial charge on any atom is 0.250 e. The topological polar surface area (TPSA) is 87.6 Å². The minimum atomic E-state index is 0.378. The summed E-state index contributed by atoms with van der Waals surface area (Å²) in [4.78, 5) is 15.7. The van der Waals surface area contributed by atoms with Gasteiger partial charge >= 0.3 is 0 Å². The number of hydrazone groups is 1. The van der Waals surface area contributed by atoms with Crippen LogP contribution in [0.15, 0.2) is 53.6 Å². The second-order valence-corrected chi connectivity index (χ2v) is 8.04. The summed E-state index contributed by atoms with van der Waals surface area (Å²) in [6.45, 7) is 4.83. The van der Waals surface area contributed by atoms with Crippen molar-refractivity contribution >= 4 is 52.3 Å². The van der Waals surface area contributed by atoms with Gasteiger partial charge < -0.3 is 15.0 Å². The van der Waals surface area contributed by atoms with Crippen LogP contribution in [0, 0.1) is 10.5 Å². The number of ether oxygens (including phenoxy) is 1. The van der Waals surface area contributed by atoms with E-state index in [1.165, 1.54) is 9.13 Å². The Morgan fingerprint density at radius 3 is 2.40 bits per heavy atom. The van der Waals surface area contributed by atoms with Crippen molar-refractivity contribution in [3.63, 3.8) is 0 Å². The molecule has 30 heavy (non-hydrogen) atoms. The lowest BCUT2D eigenvalue weighted by atomic mass is 10.2. The molecule has 8 nitrogen and oxygen atoms in total. The average molecular weight is 515 g/mol. The maximum atomic E-state index is 5.44. The van der Waals surface area contributed by atoms with Crippen LogP contribution in [0.4, 0.5) is 23.5 Å². The predicted octanol–water partition coefficient (Wildman–Crippen LogP) is 3.81. The highest BCUT2D eigenvalue weighted by molar-refractivity contribution is 14.1. The third-order valence-corrected chi connectivity index (χ3v) is 5.19. The SMILES string of the molecule is Cc1ccc(Nc2nc(N/N=C/c3ccc(I)cc3)nc(N3CCOCC3)n2)cc1. The van der Waals surface area contributed by atoms with Crippen molar-refractivity contribution in [1.29, 1.82) is 0 Å². The highest BCUT2D eigenvalue weighted by Crippen LogP contribution is 2.19. The molecule has 1 aliphatic heterocycles. The van der Waals surface area contributed by atoms with Crippen LogP contribution in [-0.4, -0.2) is 47.5 Å². The highest BCUT2D eigenvalue weighted by atomic mass is 127. The number of halogens is 1. The molecular weight excluding hydrogens is 493 g/mol. The van der Waals surface area contributed by atoms with Crippen LogP contribution < -0.4 is 15.6 Å². The molecule has 0 spiro atoms. The number of morpholine rings is 1. The predicted molar refractivity (Wildman–Crippen MR) is 128 cm³/mol. The van der Waals surface area contributed by atoms with Crippen molar-refractivity contribution in [2.24, 2.45) is 5.10 Å². The van der Waals surface area contributed by atoms with E-state index in [0.717, 1.165) is 24.3 Å². The Labute approximate surface area is 188 Å². The van der Waals surface area contributed by atoms with Crippen LogP contribution in [0.3, 0.4) is 0 Å². The number of nitrogens with zero attached hydrogens (tertiary/aromatic N) is 5. The lowest BCUT2D eigenvalue weighted by Crippen LogP contribution is -2.37. The van der Waals surface area contributed by atoms with Gasteiger partial charge in [-0.3, -0.25) is 0 Å².